The summed E-state index contributed by atoms with van der Waals surface area (Å²) in [6.45, 7) is 3.53. The molecule has 0 aliphatic carbocycles. The number of benzene rings is 1. The Hall–Kier alpha value is -1.75. The van der Waals surface area contributed by atoms with Gasteiger partial charge in [0.25, 0.3) is 0 Å². The van der Waals surface area contributed by atoms with E-state index in [4.69, 9.17) is 9.47 Å². The molecule has 2 unspecified atom stereocenters. The second-order valence-electron chi connectivity index (χ2n) is 5.54. The van der Waals surface area contributed by atoms with Crippen molar-refractivity contribution in [2.24, 2.45) is 5.92 Å². The van der Waals surface area contributed by atoms with Crippen LogP contribution >= 0.6 is 0 Å². The molecule has 0 spiro atoms. The highest BCUT2D eigenvalue weighted by molar-refractivity contribution is 5.82. The van der Waals surface area contributed by atoms with Gasteiger partial charge in [-0.3, -0.25) is 4.79 Å². The fourth-order valence-electron chi connectivity index (χ4n) is 2.81. The lowest BCUT2D eigenvalue weighted by Crippen LogP contribution is -2.43. The third kappa shape index (κ3) is 3.29. The average Bonchev–Trinajstić information content (AvgIpc) is 2.92. The molecule has 1 aliphatic heterocycles. The lowest BCUT2D eigenvalue weighted by Gasteiger charge is -2.24. The Morgan fingerprint density at radius 3 is 2.71 bits per heavy atom. The van der Waals surface area contributed by atoms with Gasteiger partial charge in [-0.2, -0.15) is 0 Å². The third-order valence-electron chi connectivity index (χ3n) is 4.07. The summed E-state index contributed by atoms with van der Waals surface area (Å²) in [5.41, 5.74) is 0.943. The Labute approximate surface area is 126 Å². The Morgan fingerprint density at radius 2 is 2.14 bits per heavy atom. The summed E-state index contributed by atoms with van der Waals surface area (Å²) >= 11 is 0. The molecular weight excluding hydrogens is 268 g/mol. The summed E-state index contributed by atoms with van der Waals surface area (Å²) in [6.07, 6.45) is 1.05. The van der Waals surface area contributed by atoms with E-state index < -0.39 is 0 Å². The fraction of sp³-hybridized carbons (Fsp3) is 0.562. The van der Waals surface area contributed by atoms with E-state index in [0.29, 0.717) is 24.0 Å². The van der Waals surface area contributed by atoms with Crippen LogP contribution in [0.2, 0.25) is 0 Å². The molecule has 1 aliphatic rings. The highest BCUT2D eigenvalue weighted by Crippen LogP contribution is 2.31. The predicted molar refractivity (Wildman–Crippen MR) is 81.6 cm³/mol. The zero-order valence-corrected chi connectivity index (χ0v) is 13.2. The highest BCUT2D eigenvalue weighted by Gasteiger charge is 2.31. The van der Waals surface area contributed by atoms with Crippen LogP contribution in [-0.2, 0) is 11.3 Å². The first-order valence-corrected chi connectivity index (χ1v) is 7.26. The van der Waals surface area contributed by atoms with Gasteiger partial charge in [-0.15, -0.1) is 0 Å². The summed E-state index contributed by atoms with van der Waals surface area (Å²) in [6, 6.07) is 5.64. The maximum Gasteiger partial charge on any atom is 0.240 e. The first-order valence-electron chi connectivity index (χ1n) is 7.26. The van der Waals surface area contributed by atoms with Crippen molar-refractivity contribution in [3.8, 4) is 11.5 Å². The van der Waals surface area contributed by atoms with Gasteiger partial charge in [0.15, 0.2) is 11.5 Å². The van der Waals surface area contributed by atoms with Crippen LogP contribution in [0.3, 0.4) is 0 Å². The number of ether oxygens (including phenoxy) is 2. The van der Waals surface area contributed by atoms with Crippen LogP contribution in [-0.4, -0.2) is 44.7 Å². The molecule has 21 heavy (non-hydrogen) atoms. The van der Waals surface area contributed by atoms with Crippen molar-refractivity contribution in [2.75, 3.05) is 27.8 Å². The summed E-state index contributed by atoms with van der Waals surface area (Å²) in [5.74, 6) is 1.88. The molecule has 1 N–H and O–H groups in total. The largest absolute Gasteiger partial charge is 0.493 e. The number of carbonyl (C=O) groups excluding carboxylic acids is 1. The van der Waals surface area contributed by atoms with Crippen molar-refractivity contribution >= 4 is 5.91 Å². The standard InChI is InChI=1S/C16H24N2O3/c1-11-8-9-17-14(11)16(19)18(2)10-12-6-5-7-13(20-3)15(12)21-4/h5-7,11,14,17H,8-10H2,1-4H3. The summed E-state index contributed by atoms with van der Waals surface area (Å²) in [5, 5.41) is 3.28. The molecule has 1 aromatic rings. The number of hydrogen-bond acceptors (Lipinski definition) is 4. The number of nitrogens with one attached hydrogen (secondary N) is 1. The van der Waals surface area contributed by atoms with Crippen LogP contribution in [0.1, 0.15) is 18.9 Å². The van der Waals surface area contributed by atoms with Crippen LogP contribution in [0, 0.1) is 5.92 Å². The minimum Gasteiger partial charge on any atom is -0.493 e. The SMILES string of the molecule is COc1cccc(CN(C)C(=O)C2NCCC2C)c1OC. The van der Waals surface area contributed by atoms with Crippen molar-refractivity contribution in [3.63, 3.8) is 0 Å². The molecule has 1 aromatic carbocycles. The lowest BCUT2D eigenvalue weighted by atomic mass is 10.0. The molecule has 0 radical (unpaired) electrons. The van der Waals surface area contributed by atoms with Crippen molar-refractivity contribution in [3.05, 3.63) is 23.8 Å². The molecule has 2 rings (SSSR count). The predicted octanol–water partition coefficient (Wildman–Crippen LogP) is 1.66. The maximum atomic E-state index is 12.5. The molecule has 0 aromatic heterocycles. The van der Waals surface area contributed by atoms with Crippen molar-refractivity contribution < 1.29 is 14.3 Å². The number of hydrogen-bond donors (Lipinski definition) is 1. The normalized spacial score (nSPS) is 21.1. The second kappa shape index (κ2) is 6.80. The molecule has 1 saturated heterocycles. The van der Waals surface area contributed by atoms with Gasteiger partial charge in [-0.05, 0) is 24.9 Å². The van der Waals surface area contributed by atoms with Crippen LogP contribution in [0.5, 0.6) is 11.5 Å². The summed E-state index contributed by atoms with van der Waals surface area (Å²) < 4.78 is 10.7. The third-order valence-corrected chi connectivity index (χ3v) is 4.07. The van der Waals surface area contributed by atoms with Gasteiger partial charge in [0.1, 0.15) is 0 Å². The van der Waals surface area contributed by atoms with E-state index in [0.717, 1.165) is 18.5 Å². The van der Waals surface area contributed by atoms with E-state index in [1.54, 1.807) is 19.1 Å². The van der Waals surface area contributed by atoms with Gasteiger partial charge in [0.2, 0.25) is 5.91 Å². The van der Waals surface area contributed by atoms with Crippen molar-refractivity contribution in [1.29, 1.82) is 0 Å². The van der Waals surface area contributed by atoms with Gasteiger partial charge in [0.05, 0.1) is 20.3 Å². The van der Waals surface area contributed by atoms with Gasteiger partial charge >= 0.3 is 0 Å². The quantitative estimate of drug-likeness (QED) is 0.897. The molecule has 5 heteroatoms. The van der Waals surface area contributed by atoms with Gasteiger partial charge < -0.3 is 19.7 Å². The van der Waals surface area contributed by atoms with Crippen molar-refractivity contribution in [1.82, 2.24) is 10.2 Å². The minimum atomic E-state index is -0.0772. The van der Waals surface area contributed by atoms with E-state index in [1.807, 2.05) is 25.2 Å². The Kier molecular flexibility index (Phi) is 5.07. The molecule has 0 saturated carbocycles. The molecular formula is C16H24N2O3. The van der Waals surface area contributed by atoms with Gasteiger partial charge in [-0.1, -0.05) is 19.1 Å². The molecule has 5 nitrogen and oxygen atoms in total. The Bertz CT molecular complexity index is 504. The first kappa shape index (κ1) is 15.6. The van der Waals surface area contributed by atoms with Crippen LogP contribution in [0.25, 0.3) is 0 Å². The van der Waals surface area contributed by atoms with E-state index in [2.05, 4.69) is 12.2 Å². The van der Waals surface area contributed by atoms with Crippen LogP contribution in [0.15, 0.2) is 18.2 Å². The van der Waals surface area contributed by atoms with E-state index in [1.165, 1.54) is 0 Å². The highest BCUT2D eigenvalue weighted by atomic mass is 16.5. The molecule has 2 atom stereocenters. The summed E-state index contributed by atoms with van der Waals surface area (Å²) in [4.78, 5) is 14.3. The summed E-state index contributed by atoms with van der Waals surface area (Å²) in [7, 11) is 5.05. The number of carbonyl (C=O) groups is 1. The smallest absolute Gasteiger partial charge is 0.240 e. The number of nitrogens with zero attached hydrogens (tertiary/aromatic N) is 1. The zero-order valence-electron chi connectivity index (χ0n) is 13.2. The first-order chi connectivity index (χ1) is 10.1. The lowest BCUT2D eigenvalue weighted by molar-refractivity contribution is -0.133. The second-order valence-corrected chi connectivity index (χ2v) is 5.54. The van der Waals surface area contributed by atoms with E-state index in [-0.39, 0.29) is 11.9 Å². The average molecular weight is 292 g/mol. The van der Waals surface area contributed by atoms with Gasteiger partial charge in [-0.25, -0.2) is 0 Å². The number of amides is 1. The topological polar surface area (TPSA) is 50.8 Å². The molecule has 1 fully saturated rings. The van der Waals surface area contributed by atoms with E-state index >= 15 is 0 Å². The molecule has 1 heterocycles. The molecule has 0 bridgehead atoms. The monoisotopic (exact) mass is 292 g/mol. The minimum absolute atomic E-state index is 0.0772. The number of rotatable bonds is 5. The maximum absolute atomic E-state index is 12.5. The number of likely N-dealkylation sites (N-methyl/N-ethyl adjacent to an activating group) is 1. The zero-order chi connectivity index (χ0) is 15.4. The Balaban J connectivity index is 2.12. The molecule has 116 valence electrons. The Morgan fingerprint density at radius 1 is 1.38 bits per heavy atom. The number of para-hydroxylation sites is 1. The van der Waals surface area contributed by atoms with Crippen LogP contribution < -0.4 is 14.8 Å². The van der Waals surface area contributed by atoms with Crippen molar-refractivity contribution in [2.45, 2.75) is 25.9 Å². The van der Waals surface area contributed by atoms with Crippen LogP contribution in [0.4, 0.5) is 0 Å². The van der Waals surface area contributed by atoms with Gasteiger partial charge in [0, 0.05) is 19.2 Å². The number of methoxy groups -OCH3 is 2. The molecule has 1 amide bonds. The van der Waals surface area contributed by atoms with E-state index in [9.17, 15) is 4.79 Å². The fourth-order valence-corrected chi connectivity index (χ4v) is 2.81.